The summed E-state index contributed by atoms with van der Waals surface area (Å²) in [7, 11) is -0.678. The molecule has 2 heterocycles. The van der Waals surface area contributed by atoms with E-state index in [1.165, 1.54) is 27.6 Å². The molecule has 2 amide bonds. The minimum Gasteiger partial charge on any atom is -0.453 e. The highest BCUT2D eigenvalue weighted by Crippen LogP contribution is 2.39. The number of nitrogens with one attached hydrogen (secondary N) is 3. The highest BCUT2D eigenvalue weighted by atomic mass is 32.2. The number of alkyl carbamates (subject to hydrolysis) is 1. The summed E-state index contributed by atoms with van der Waals surface area (Å²) in [5.41, 5.74) is 3.60. The summed E-state index contributed by atoms with van der Waals surface area (Å²) in [6.45, 7) is 6.35. The number of hydrogen-bond acceptors (Lipinski definition) is 6. The van der Waals surface area contributed by atoms with Gasteiger partial charge in [0.1, 0.15) is 17.5 Å². The monoisotopic (exact) mass is 758 g/mol. The van der Waals surface area contributed by atoms with Crippen LogP contribution in [0.1, 0.15) is 60.7 Å². The highest BCUT2D eigenvalue weighted by molar-refractivity contribution is 7.82. The molecule has 0 aliphatic heterocycles. The second-order valence-electron chi connectivity index (χ2n) is 11.4. The highest BCUT2D eigenvalue weighted by Gasteiger charge is 2.43. The van der Waals surface area contributed by atoms with E-state index in [1.54, 1.807) is 38.2 Å². The lowest BCUT2D eigenvalue weighted by Crippen LogP contribution is -2.43. The lowest BCUT2D eigenvalue weighted by molar-refractivity contribution is -0.162. The fourth-order valence-corrected chi connectivity index (χ4v) is 7.80. The quantitative estimate of drug-likeness (QED) is 0.103. The number of carbonyl (C=O) groups excluding carboxylic acids is 2. The van der Waals surface area contributed by atoms with Crippen molar-refractivity contribution >= 4 is 45.2 Å². The van der Waals surface area contributed by atoms with Crippen molar-refractivity contribution in [2.45, 2.75) is 63.3 Å². The van der Waals surface area contributed by atoms with Crippen LogP contribution in [-0.2, 0) is 26.9 Å². The zero-order chi connectivity index (χ0) is 38.3. The molecule has 280 valence electrons. The van der Waals surface area contributed by atoms with Crippen molar-refractivity contribution < 1.29 is 36.8 Å². The van der Waals surface area contributed by atoms with E-state index < -0.39 is 54.4 Å². The first kappa shape index (κ1) is 41.9. The summed E-state index contributed by atoms with van der Waals surface area (Å²) in [5, 5.41) is 15.0. The van der Waals surface area contributed by atoms with E-state index in [0.29, 0.717) is 9.77 Å². The molecule has 0 radical (unpaired) electrons. The minimum atomic E-state index is -4.83. The number of H-pyrrole nitrogens is 1. The summed E-state index contributed by atoms with van der Waals surface area (Å²) in [6, 6.07) is 27.2. The SMILES string of the molecule is CC.COC(=O)NCC(=O)NC(c1ccc(C(CO)N(C(C)C)S(=O)c2ccc3[nH]ccc3c2)s1)C(F)(F)F.c1ccc(Cc2ccccc2)cc1. The van der Waals surface area contributed by atoms with E-state index in [4.69, 9.17) is 0 Å². The number of hydrogen-bond donors (Lipinski definition) is 4. The van der Waals surface area contributed by atoms with Crippen LogP contribution in [0, 0.1) is 0 Å². The zero-order valence-corrected chi connectivity index (χ0v) is 31.3. The molecule has 0 aliphatic carbocycles. The summed E-state index contributed by atoms with van der Waals surface area (Å²) in [6.07, 6.45) is -3.01. The molecule has 3 atom stereocenters. The van der Waals surface area contributed by atoms with E-state index in [-0.39, 0.29) is 10.9 Å². The molecule has 0 aliphatic rings. The summed E-state index contributed by atoms with van der Waals surface area (Å²) < 4.78 is 60.9. The molecule has 3 unspecified atom stereocenters. The van der Waals surface area contributed by atoms with Crippen LogP contribution in [0.4, 0.5) is 18.0 Å². The van der Waals surface area contributed by atoms with Gasteiger partial charge in [0.15, 0.2) is 6.04 Å². The van der Waals surface area contributed by atoms with Crippen molar-refractivity contribution in [3.8, 4) is 0 Å². The number of aliphatic hydroxyl groups is 1. The predicted molar refractivity (Wildman–Crippen MR) is 200 cm³/mol. The third-order valence-electron chi connectivity index (χ3n) is 7.47. The Hall–Kier alpha value is -4.50. The van der Waals surface area contributed by atoms with Crippen molar-refractivity contribution in [1.82, 2.24) is 19.9 Å². The van der Waals surface area contributed by atoms with Gasteiger partial charge in [0, 0.05) is 32.9 Å². The van der Waals surface area contributed by atoms with Gasteiger partial charge in [-0.15, -0.1) is 11.3 Å². The molecule has 0 bridgehead atoms. The van der Waals surface area contributed by atoms with Crippen LogP contribution < -0.4 is 10.6 Å². The molecule has 3 aromatic carbocycles. The number of amides is 2. The van der Waals surface area contributed by atoms with Gasteiger partial charge in [-0.3, -0.25) is 4.79 Å². The Morgan fingerprint density at radius 2 is 1.52 bits per heavy atom. The Kier molecular flexibility index (Phi) is 16.5. The summed E-state index contributed by atoms with van der Waals surface area (Å²) in [5.74, 6) is -1.06. The van der Waals surface area contributed by atoms with Crippen LogP contribution in [0.15, 0.2) is 108 Å². The van der Waals surface area contributed by atoms with Crippen molar-refractivity contribution in [3.05, 3.63) is 124 Å². The molecule has 2 aromatic heterocycles. The van der Waals surface area contributed by atoms with E-state index in [1.807, 2.05) is 30.5 Å². The van der Waals surface area contributed by atoms with Gasteiger partial charge >= 0.3 is 12.3 Å². The van der Waals surface area contributed by atoms with Gasteiger partial charge in [0.2, 0.25) is 5.91 Å². The average Bonchev–Trinajstić information content (AvgIpc) is 3.83. The van der Waals surface area contributed by atoms with E-state index >= 15 is 0 Å². The van der Waals surface area contributed by atoms with Crippen molar-refractivity contribution in [1.29, 1.82) is 0 Å². The number of halogens is 3. The van der Waals surface area contributed by atoms with Gasteiger partial charge in [0.05, 0.1) is 24.7 Å². The lowest BCUT2D eigenvalue weighted by atomic mass is 10.1. The van der Waals surface area contributed by atoms with Crippen molar-refractivity contribution in [2.75, 3.05) is 20.3 Å². The first-order valence-corrected chi connectivity index (χ1v) is 18.6. The molecule has 9 nitrogen and oxygen atoms in total. The molecule has 4 N–H and O–H groups in total. The molecule has 5 aromatic rings. The molecule has 52 heavy (non-hydrogen) atoms. The number of rotatable bonds is 12. The normalized spacial score (nSPS) is 12.9. The number of aromatic amines is 1. The van der Waals surface area contributed by atoms with Crippen LogP contribution in [0.25, 0.3) is 10.9 Å². The van der Waals surface area contributed by atoms with Gasteiger partial charge in [0.25, 0.3) is 0 Å². The van der Waals surface area contributed by atoms with Crippen LogP contribution in [0.3, 0.4) is 0 Å². The number of aliphatic hydroxyl groups excluding tert-OH is 1. The first-order chi connectivity index (χ1) is 24.9. The number of thiophene rings is 1. The second-order valence-corrected chi connectivity index (χ2v) is 13.9. The van der Waals surface area contributed by atoms with Crippen LogP contribution in [0.2, 0.25) is 0 Å². The largest absolute Gasteiger partial charge is 0.453 e. The van der Waals surface area contributed by atoms with Gasteiger partial charge < -0.3 is 25.5 Å². The summed E-state index contributed by atoms with van der Waals surface area (Å²) >= 11 is 0.746. The maximum Gasteiger partial charge on any atom is 0.413 e. The fourth-order valence-electron chi connectivity index (χ4n) is 5.11. The third kappa shape index (κ3) is 12.0. The Morgan fingerprint density at radius 1 is 0.923 bits per heavy atom. The van der Waals surface area contributed by atoms with Crippen molar-refractivity contribution in [2.24, 2.45) is 0 Å². The first-order valence-electron chi connectivity index (χ1n) is 16.6. The Morgan fingerprint density at radius 3 is 2.06 bits per heavy atom. The Balaban J connectivity index is 0.000000402. The van der Waals surface area contributed by atoms with E-state index in [2.05, 4.69) is 70.4 Å². The molecule has 14 heteroatoms. The maximum atomic E-state index is 13.8. The number of alkyl halides is 3. The smallest absolute Gasteiger partial charge is 0.413 e. The topological polar surface area (TPSA) is 124 Å². The standard InChI is InChI=1S/C23H27F3N4O5S2.C13H12.C2H6/c1-13(2)30(37(34)15-4-5-16-14(10-15)8-9-27-16)17(12-31)18-6-7-19(36-18)21(23(24,25)26)29-20(32)11-28-22(33)35-3;1-3-7-12(8-4-1)11-13-9-5-2-6-10-13;1-2/h4-10,13,17,21,27,31H,11-12H2,1-3H3,(H,28,33)(H,29,32);1-10H,11H2;1-2H3. The predicted octanol–water partition coefficient (Wildman–Crippen LogP) is 8.08. The van der Waals surface area contributed by atoms with Gasteiger partial charge in [-0.25, -0.2) is 13.3 Å². The van der Waals surface area contributed by atoms with E-state index in [0.717, 1.165) is 35.8 Å². The summed E-state index contributed by atoms with van der Waals surface area (Å²) in [4.78, 5) is 26.8. The minimum absolute atomic E-state index is 0.226. The Bertz CT molecular complexity index is 1810. The molecular weight excluding hydrogens is 714 g/mol. The second kappa shape index (κ2) is 20.5. The van der Waals surface area contributed by atoms with Gasteiger partial charge in [-0.1, -0.05) is 74.5 Å². The third-order valence-corrected chi connectivity index (χ3v) is 10.4. The number of ether oxygens (including phenoxy) is 1. The van der Waals surface area contributed by atoms with Crippen molar-refractivity contribution in [3.63, 3.8) is 0 Å². The molecule has 5 rings (SSSR count). The molecule has 0 spiro atoms. The number of carbonyl (C=O) groups is 2. The number of aromatic nitrogens is 1. The Labute approximate surface area is 308 Å². The van der Waals surface area contributed by atoms with E-state index in [9.17, 15) is 32.1 Å². The molecular formula is C38H45F3N4O5S2. The van der Waals surface area contributed by atoms with Crippen LogP contribution >= 0.6 is 11.3 Å². The van der Waals surface area contributed by atoms with Crippen LogP contribution in [-0.4, -0.2) is 63.1 Å². The van der Waals surface area contributed by atoms with Gasteiger partial charge in [-0.2, -0.15) is 13.2 Å². The number of fused-ring (bicyclic) bond motifs is 1. The molecule has 0 saturated heterocycles. The van der Waals surface area contributed by atoms with Crippen LogP contribution in [0.5, 0.6) is 0 Å². The molecule has 0 fully saturated rings. The average molecular weight is 759 g/mol. The zero-order valence-electron chi connectivity index (χ0n) is 29.6. The fraction of sp³-hybridized carbons (Fsp3) is 0.316. The number of methoxy groups -OCH3 is 1. The number of nitrogens with zero attached hydrogens (tertiary/aromatic N) is 1. The number of benzene rings is 3. The maximum absolute atomic E-state index is 13.8. The molecule has 0 saturated carbocycles. The lowest BCUT2D eigenvalue weighted by Gasteiger charge is -2.32. The van der Waals surface area contributed by atoms with Gasteiger partial charge in [-0.05, 0) is 67.8 Å².